The molecule has 0 atom stereocenters. The van der Waals surface area contributed by atoms with E-state index in [1.165, 1.54) is 21.9 Å². The Bertz CT molecular complexity index is 909. The molecule has 0 unspecified atom stereocenters. The van der Waals surface area contributed by atoms with Crippen LogP contribution in [0.3, 0.4) is 0 Å². The van der Waals surface area contributed by atoms with Crippen LogP contribution in [0, 0.1) is 0 Å². The molecule has 2 aliphatic rings. The summed E-state index contributed by atoms with van der Waals surface area (Å²) in [6.07, 6.45) is 6.45. The van der Waals surface area contributed by atoms with Crippen molar-refractivity contribution in [2.75, 3.05) is 6.61 Å². The summed E-state index contributed by atoms with van der Waals surface area (Å²) in [5.41, 5.74) is 2.67. The summed E-state index contributed by atoms with van der Waals surface area (Å²) in [4.78, 5) is 2.39. The van der Waals surface area contributed by atoms with E-state index in [9.17, 15) is 0 Å². The van der Waals surface area contributed by atoms with Crippen LogP contribution in [0.4, 0.5) is 0 Å². The van der Waals surface area contributed by atoms with E-state index in [1.807, 2.05) is 6.07 Å². The summed E-state index contributed by atoms with van der Waals surface area (Å²) in [6.45, 7) is 0.686. The Morgan fingerprint density at radius 2 is 1.70 bits per heavy atom. The van der Waals surface area contributed by atoms with Crippen molar-refractivity contribution in [2.24, 2.45) is 0 Å². The molecule has 112 valence electrons. The van der Waals surface area contributed by atoms with Gasteiger partial charge in [-0.1, -0.05) is 36.4 Å². The standard InChI is InChI=1S/C13H10O.C8H8Ge/c1-2-5-11-10(4-1)7-8-13-12(11)6-3-9-14-13;1-2-4-8-7(3-1)5-6-9-8/h1-8H,9H2;1-6H,9H2. The van der Waals surface area contributed by atoms with E-state index in [4.69, 9.17) is 4.74 Å². The molecule has 0 aliphatic carbocycles. The van der Waals surface area contributed by atoms with E-state index in [2.05, 4.69) is 77.7 Å². The second kappa shape index (κ2) is 6.47. The van der Waals surface area contributed by atoms with Gasteiger partial charge >= 0.3 is 60.6 Å². The molecule has 0 saturated heterocycles. The molecule has 23 heavy (non-hydrogen) atoms. The molecule has 0 spiro atoms. The monoisotopic (exact) mass is 360 g/mol. The van der Waals surface area contributed by atoms with Gasteiger partial charge in [-0.25, -0.2) is 0 Å². The first-order valence-corrected chi connectivity index (χ1v) is 11.2. The SMILES string of the molecule is C1=Cc2c(ccc3ccccc23)OC1.[CH]1=Cc2cccc[c]2[GeH2]1. The quantitative estimate of drug-likeness (QED) is 0.557. The van der Waals surface area contributed by atoms with Crippen LogP contribution in [0.15, 0.2) is 71.6 Å². The Balaban J connectivity index is 0.000000130. The molecule has 2 aliphatic heterocycles. The molecule has 0 bridgehead atoms. The van der Waals surface area contributed by atoms with Crippen LogP contribution in [-0.2, 0) is 0 Å². The number of hydrogen-bond donors (Lipinski definition) is 0. The number of hydrogen-bond acceptors (Lipinski definition) is 1. The fourth-order valence-electron chi connectivity index (χ4n) is 3.07. The summed E-state index contributed by atoms with van der Waals surface area (Å²) in [6, 6.07) is 21.2. The third kappa shape index (κ3) is 2.97. The molecule has 0 fully saturated rings. The zero-order valence-corrected chi connectivity index (χ0v) is 15.9. The molecule has 0 radical (unpaired) electrons. The minimum atomic E-state index is -0.378. The number of fused-ring (bicyclic) bond motifs is 4. The number of ether oxygens (including phenoxy) is 1. The topological polar surface area (TPSA) is 9.23 Å². The van der Waals surface area contributed by atoms with Gasteiger partial charge in [0.05, 0.1) is 0 Å². The molecule has 3 aromatic carbocycles. The van der Waals surface area contributed by atoms with Crippen LogP contribution in [0.5, 0.6) is 5.75 Å². The van der Waals surface area contributed by atoms with E-state index in [0.717, 1.165) is 5.75 Å². The van der Waals surface area contributed by atoms with E-state index in [0.29, 0.717) is 6.61 Å². The third-order valence-electron chi connectivity index (χ3n) is 4.24. The van der Waals surface area contributed by atoms with Gasteiger partial charge in [0, 0.05) is 5.56 Å². The van der Waals surface area contributed by atoms with Gasteiger partial charge in [0.15, 0.2) is 0 Å². The van der Waals surface area contributed by atoms with Crippen LogP contribution in [0.25, 0.3) is 22.9 Å². The summed E-state index contributed by atoms with van der Waals surface area (Å²) >= 11 is -0.378. The molecule has 3 aromatic rings. The van der Waals surface area contributed by atoms with E-state index < -0.39 is 0 Å². The second-order valence-electron chi connectivity index (χ2n) is 5.72. The predicted molar refractivity (Wildman–Crippen MR) is 102 cm³/mol. The first kappa shape index (κ1) is 14.3. The van der Waals surface area contributed by atoms with Gasteiger partial charge in [-0.05, 0) is 22.9 Å². The van der Waals surface area contributed by atoms with Crippen molar-refractivity contribution < 1.29 is 4.74 Å². The van der Waals surface area contributed by atoms with Gasteiger partial charge in [0.2, 0.25) is 0 Å². The van der Waals surface area contributed by atoms with Crippen molar-refractivity contribution >= 4 is 42.8 Å². The second-order valence-corrected chi connectivity index (χ2v) is 9.16. The van der Waals surface area contributed by atoms with E-state index >= 15 is 0 Å². The first-order chi connectivity index (χ1) is 11.4. The van der Waals surface area contributed by atoms with Gasteiger partial charge in [0.1, 0.15) is 12.4 Å². The summed E-state index contributed by atoms with van der Waals surface area (Å²) in [5.74, 6) is 0.992. The average Bonchev–Trinajstić information content (AvgIpc) is 3.11. The molecular formula is C21H18GeO. The van der Waals surface area contributed by atoms with Crippen molar-refractivity contribution in [3.05, 3.63) is 82.8 Å². The first-order valence-electron chi connectivity index (χ1n) is 7.97. The van der Waals surface area contributed by atoms with E-state index in [1.54, 1.807) is 4.40 Å². The minimum absolute atomic E-state index is 0.378. The maximum absolute atomic E-state index is 5.54. The van der Waals surface area contributed by atoms with Crippen LogP contribution in [0.2, 0.25) is 0 Å². The Morgan fingerprint density at radius 1 is 0.826 bits per heavy atom. The van der Waals surface area contributed by atoms with E-state index in [-0.39, 0.29) is 15.4 Å². The van der Waals surface area contributed by atoms with Gasteiger partial charge in [-0.15, -0.1) is 0 Å². The summed E-state index contributed by atoms with van der Waals surface area (Å²) in [5, 5.41) is 2.53. The molecule has 0 saturated carbocycles. The van der Waals surface area contributed by atoms with Crippen LogP contribution in [-0.4, -0.2) is 22.0 Å². The summed E-state index contributed by atoms with van der Waals surface area (Å²) < 4.78 is 7.19. The molecule has 2 heteroatoms. The van der Waals surface area contributed by atoms with Gasteiger partial charge < -0.3 is 4.74 Å². The Kier molecular flexibility index (Phi) is 4.03. The molecular weight excluding hydrogens is 341 g/mol. The molecule has 2 heterocycles. The normalized spacial score (nSPS) is 14.8. The fourth-order valence-corrected chi connectivity index (χ4v) is 5.95. The number of benzene rings is 3. The van der Waals surface area contributed by atoms with Gasteiger partial charge in [0.25, 0.3) is 0 Å². The molecule has 0 aromatic heterocycles. The molecule has 5 rings (SSSR count). The third-order valence-corrected chi connectivity index (χ3v) is 7.50. The Hall–Kier alpha value is -2.26. The van der Waals surface area contributed by atoms with Crippen molar-refractivity contribution in [1.29, 1.82) is 0 Å². The molecule has 1 nitrogen and oxygen atoms in total. The Morgan fingerprint density at radius 3 is 2.65 bits per heavy atom. The Labute approximate surface area is 142 Å². The number of rotatable bonds is 0. The maximum atomic E-state index is 5.54. The van der Waals surface area contributed by atoms with Crippen molar-refractivity contribution in [2.45, 2.75) is 0 Å². The van der Waals surface area contributed by atoms with Crippen LogP contribution >= 0.6 is 0 Å². The predicted octanol–water partition coefficient (Wildman–Crippen LogP) is 3.71. The average molecular weight is 359 g/mol. The van der Waals surface area contributed by atoms with Crippen LogP contribution < -0.4 is 9.13 Å². The summed E-state index contributed by atoms with van der Waals surface area (Å²) in [7, 11) is 0. The van der Waals surface area contributed by atoms with Crippen molar-refractivity contribution in [3.8, 4) is 5.75 Å². The molecule has 0 amide bonds. The van der Waals surface area contributed by atoms with Crippen molar-refractivity contribution in [1.82, 2.24) is 0 Å². The van der Waals surface area contributed by atoms with Gasteiger partial charge in [-0.3, -0.25) is 0 Å². The van der Waals surface area contributed by atoms with Crippen molar-refractivity contribution in [3.63, 3.8) is 0 Å². The molecule has 0 N–H and O–H groups in total. The fraction of sp³-hybridized carbons (Fsp3) is 0.0476. The zero-order valence-electron chi connectivity index (χ0n) is 12.9. The zero-order chi connectivity index (χ0) is 15.5. The van der Waals surface area contributed by atoms with Gasteiger partial charge in [-0.2, -0.15) is 0 Å². The van der Waals surface area contributed by atoms with Crippen LogP contribution in [0.1, 0.15) is 11.1 Å².